The average Bonchev–Trinajstić information content (AvgIpc) is 2.08. The van der Waals surface area contributed by atoms with Gasteiger partial charge < -0.3 is 0 Å². The molecule has 2 heteroatoms. The molecular formula is C11H16N2. The first-order valence-electron chi connectivity index (χ1n) is 4.55. The highest BCUT2D eigenvalue weighted by Gasteiger charge is 2.10. The molecule has 0 unspecified atom stereocenters. The minimum atomic E-state index is 0.321. The Morgan fingerprint density at radius 1 is 1.31 bits per heavy atom. The van der Waals surface area contributed by atoms with Crippen LogP contribution in [0.3, 0.4) is 0 Å². The largest absolute Gasteiger partial charge is 0.286 e. The van der Waals surface area contributed by atoms with Gasteiger partial charge in [-0.2, -0.15) is 0 Å². The molecule has 1 aliphatic rings. The van der Waals surface area contributed by atoms with Gasteiger partial charge in [-0.05, 0) is 32.4 Å². The summed E-state index contributed by atoms with van der Waals surface area (Å²) < 4.78 is 0. The first-order valence-corrected chi connectivity index (χ1v) is 4.55. The van der Waals surface area contributed by atoms with Gasteiger partial charge in [-0.3, -0.25) is 9.98 Å². The molecule has 0 aromatic rings. The van der Waals surface area contributed by atoms with Crippen LogP contribution >= 0.6 is 0 Å². The standard InChI is InChI=1S/C11H16N2/c1-8(2)13-11-9(3)6-5-7-10(11)12-4/h5-8H,1-4H3/b12-10-,13-11-. The van der Waals surface area contributed by atoms with E-state index in [1.807, 2.05) is 12.2 Å². The number of hydrogen-bond donors (Lipinski definition) is 0. The summed E-state index contributed by atoms with van der Waals surface area (Å²) in [6.07, 6.45) is 6.07. The van der Waals surface area contributed by atoms with Gasteiger partial charge in [0.25, 0.3) is 0 Å². The summed E-state index contributed by atoms with van der Waals surface area (Å²) in [6.45, 7) is 6.22. The summed E-state index contributed by atoms with van der Waals surface area (Å²) in [5.74, 6) is 0. The molecule has 0 saturated carbocycles. The fourth-order valence-electron chi connectivity index (χ4n) is 1.25. The van der Waals surface area contributed by atoms with E-state index in [-0.39, 0.29) is 0 Å². The lowest BCUT2D eigenvalue weighted by Gasteiger charge is -2.11. The van der Waals surface area contributed by atoms with Gasteiger partial charge in [0.15, 0.2) is 0 Å². The van der Waals surface area contributed by atoms with Gasteiger partial charge in [-0.25, -0.2) is 0 Å². The van der Waals surface area contributed by atoms with E-state index in [0.29, 0.717) is 6.04 Å². The van der Waals surface area contributed by atoms with Gasteiger partial charge >= 0.3 is 0 Å². The Labute approximate surface area is 79.8 Å². The van der Waals surface area contributed by atoms with Crippen LogP contribution in [0.4, 0.5) is 0 Å². The first kappa shape index (κ1) is 9.90. The third-order valence-electron chi connectivity index (χ3n) is 1.84. The summed E-state index contributed by atoms with van der Waals surface area (Å²) >= 11 is 0. The molecule has 2 nitrogen and oxygen atoms in total. The van der Waals surface area contributed by atoms with E-state index < -0.39 is 0 Å². The summed E-state index contributed by atoms with van der Waals surface area (Å²) in [5.41, 5.74) is 3.20. The Morgan fingerprint density at radius 3 is 2.54 bits per heavy atom. The smallest absolute Gasteiger partial charge is 0.0858 e. The van der Waals surface area contributed by atoms with Crippen LogP contribution in [0.15, 0.2) is 33.8 Å². The van der Waals surface area contributed by atoms with Gasteiger partial charge in [-0.15, -0.1) is 0 Å². The van der Waals surface area contributed by atoms with Crippen LogP contribution in [0.5, 0.6) is 0 Å². The Balaban J connectivity index is 3.05. The van der Waals surface area contributed by atoms with Crippen LogP contribution in [0, 0.1) is 0 Å². The maximum atomic E-state index is 4.54. The first-order chi connectivity index (χ1) is 6.15. The van der Waals surface area contributed by atoms with Gasteiger partial charge in [-0.1, -0.05) is 12.2 Å². The zero-order valence-corrected chi connectivity index (χ0v) is 8.70. The van der Waals surface area contributed by atoms with Crippen molar-refractivity contribution in [2.45, 2.75) is 26.8 Å². The molecule has 0 radical (unpaired) electrons. The molecule has 0 saturated heterocycles. The fourth-order valence-corrected chi connectivity index (χ4v) is 1.25. The zero-order valence-electron chi connectivity index (χ0n) is 8.70. The number of rotatable bonds is 1. The second-order valence-electron chi connectivity index (χ2n) is 3.39. The maximum Gasteiger partial charge on any atom is 0.0858 e. The van der Waals surface area contributed by atoms with Crippen LogP contribution in [0.2, 0.25) is 0 Å². The quantitative estimate of drug-likeness (QED) is 0.548. The zero-order chi connectivity index (χ0) is 9.84. The molecule has 1 aliphatic carbocycles. The predicted octanol–water partition coefficient (Wildman–Crippen LogP) is 2.42. The molecule has 0 fully saturated rings. The molecule has 0 heterocycles. The molecule has 0 bridgehead atoms. The van der Waals surface area contributed by atoms with Crippen molar-refractivity contribution in [2.24, 2.45) is 9.98 Å². The summed E-state index contributed by atoms with van der Waals surface area (Å²) in [6, 6.07) is 0.321. The minimum Gasteiger partial charge on any atom is -0.286 e. The lowest BCUT2D eigenvalue weighted by Crippen LogP contribution is -2.17. The van der Waals surface area contributed by atoms with E-state index in [0.717, 1.165) is 11.4 Å². The van der Waals surface area contributed by atoms with E-state index >= 15 is 0 Å². The molecule has 0 aliphatic heterocycles. The van der Waals surface area contributed by atoms with Crippen molar-refractivity contribution in [1.29, 1.82) is 0 Å². The second kappa shape index (κ2) is 4.17. The van der Waals surface area contributed by atoms with Gasteiger partial charge in [0, 0.05) is 13.1 Å². The van der Waals surface area contributed by atoms with Crippen molar-refractivity contribution in [3.05, 3.63) is 23.8 Å². The molecule has 0 aromatic heterocycles. The van der Waals surface area contributed by atoms with E-state index in [4.69, 9.17) is 0 Å². The monoisotopic (exact) mass is 176 g/mol. The fraction of sp³-hybridized carbons (Fsp3) is 0.455. The van der Waals surface area contributed by atoms with Crippen molar-refractivity contribution in [1.82, 2.24) is 0 Å². The molecule has 0 amide bonds. The summed E-state index contributed by atoms with van der Waals surface area (Å²) in [5, 5.41) is 0. The van der Waals surface area contributed by atoms with Gasteiger partial charge in [0.2, 0.25) is 0 Å². The normalized spacial score (nSPS) is 23.0. The van der Waals surface area contributed by atoms with Crippen molar-refractivity contribution < 1.29 is 0 Å². The van der Waals surface area contributed by atoms with Crippen LogP contribution in [-0.2, 0) is 0 Å². The van der Waals surface area contributed by atoms with Crippen LogP contribution in [0.1, 0.15) is 20.8 Å². The molecule has 0 N–H and O–H groups in total. The number of allylic oxidation sites excluding steroid dienone is 4. The lowest BCUT2D eigenvalue weighted by molar-refractivity contribution is 0.838. The molecular weight excluding hydrogens is 160 g/mol. The summed E-state index contributed by atoms with van der Waals surface area (Å²) in [7, 11) is 1.80. The van der Waals surface area contributed by atoms with Crippen molar-refractivity contribution in [2.75, 3.05) is 7.05 Å². The highest BCUT2D eigenvalue weighted by molar-refractivity contribution is 6.52. The van der Waals surface area contributed by atoms with Crippen molar-refractivity contribution in [3.63, 3.8) is 0 Å². The Morgan fingerprint density at radius 2 is 2.00 bits per heavy atom. The molecule has 70 valence electrons. The Bertz CT molecular complexity index is 304. The molecule has 0 atom stereocenters. The predicted molar refractivity (Wildman–Crippen MR) is 58.8 cm³/mol. The topological polar surface area (TPSA) is 24.7 Å². The van der Waals surface area contributed by atoms with Crippen molar-refractivity contribution >= 4 is 11.4 Å². The molecule has 0 spiro atoms. The SMILES string of the molecule is C/N=C1/C=CC=C(C)/C1=N/C(C)C. The molecule has 13 heavy (non-hydrogen) atoms. The Hall–Kier alpha value is -1.18. The van der Waals surface area contributed by atoms with Gasteiger partial charge in [0.1, 0.15) is 0 Å². The van der Waals surface area contributed by atoms with Crippen LogP contribution in [-0.4, -0.2) is 24.5 Å². The summed E-state index contributed by atoms with van der Waals surface area (Å²) in [4.78, 5) is 8.73. The minimum absolute atomic E-state index is 0.321. The van der Waals surface area contributed by atoms with Crippen LogP contribution < -0.4 is 0 Å². The Kier molecular flexibility index (Phi) is 3.18. The highest BCUT2D eigenvalue weighted by Crippen LogP contribution is 2.08. The van der Waals surface area contributed by atoms with Crippen LogP contribution in [0.25, 0.3) is 0 Å². The third kappa shape index (κ3) is 2.38. The molecule has 0 aromatic carbocycles. The average molecular weight is 176 g/mol. The third-order valence-corrected chi connectivity index (χ3v) is 1.84. The number of hydrogen-bond acceptors (Lipinski definition) is 2. The number of nitrogens with zero attached hydrogens (tertiary/aromatic N) is 2. The number of aliphatic imine (C=N–C) groups is 2. The van der Waals surface area contributed by atoms with Crippen molar-refractivity contribution in [3.8, 4) is 0 Å². The van der Waals surface area contributed by atoms with E-state index in [2.05, 4.69) is 36.8 Å². The van der Waals surface area contributed by atoms with E-state index in [9.17, 15) is 0 Å². The highest BCUT2D eigenvalue weighted by atomic mass is 14.8. The second-order valence-corrected chi connectivity index (χ2v) is 3.39. The van der Waals surface area contributed by atoms with E-state index in [1.165, 1.54) is 5.57 Å². The molecule has 1 rings (SSSR count). The van der Waals surface area contributed by atoms with E-state index in [1.54, 1.807) is 7.05 Å². The maximum absolute atomic E-state index is 4.54. The lowest BCUT2D eigenvalue weighted by atomic mass is 10.0. The van der Waals surface area contributed by atoms with Gasteiger partial charge in [0.05, 0.1) is 11.4 Å².